The molecular weight excluding hydrogens is 530 g/mol. The Kier molecular flexibility index (Phi) is 7.72. The maximum absolute atomic E-state index is 14.1. The average Bonchev–Trinajstić information content (AvgIpc) is 2.88. The van der Waals surface area contributed by atoms with E-state index >= 15 is 0 Å². The van der Waals surface area contributed by atoms with Gasteiger partial charge in [-0.25, -0.2) is 0 Å². The average molecular weight is 555 g/mol. The summed E-state index contributed by atoms with van der Waals surface area (Å²) in [5.74, 6) is 0. The Balaban J connectivity index is 1.80. The predicted octanol–water partition coefficient (Wildman–Crippen LogP) is 8.84. The second kappa shape index (κ2) is 10.9. The van der Waals surface area contributed by atoms with Crippen molar-refractivity contribution in [3.63, 3.8) is 0 Å². The molecule has 0 saturated carbocycles. The lowest BCUT2D eigenvalue weighted by atomic mass is 9.93. The second-order valence-corrected chi connectivity index (χ2v) is 9.09. The number of halogens is 6. The maximum atomic E-state index is 14.1. The SMILES string of the molecule is C/C(=N\c1ccc(-c2ccc(/N=C(\C)c3ccc(N)cc3)cc2C(F)(F)F)c(C(F)(F)F)c1)c1ccc(N)cc1. The molecule has 0 aromatic heterocycles. The number of benzene rings is 4. The van der Waals surface area contributed by atoms with E-state index in [9.17, 15) is 26.3 Å². The van der Waals surface area contributed by atoms with Crippen LogP contribution in [-0.2, 0) is 12.4 Å². The molecule has 0 radical (unpaired) electrons. The summed E-state index contributed by atoms with van der Waals surface area (Å²) in [6.45, 7) is 3.22. The summed E-state index contributed by atoms with van der Waals surface area (Å²) in [6.07, 6.45) is -9.89. The summed E-state index contributed by atoms with van der Waals surface area (Å²) in [6, 6.07) is 19.2. The van der Waals surface area contributed by atoms with Gasteiger partial charge in [0.15, 0.2) is 0 Å². The molecule has 0 aliphatic carbocycles. The van der Waals surface area contributed by atoms with Crippen molar-refractivity contribution < 1.29 is 26.3 Å². The van der Waals surface area contributed by atoms with Crippen molar-refractivity contribution in [1.29, 1.82) is 0 Å². The van der Waals surface area contributed by atoms with Gasteiger partial charge in [0.1, 0.15) is 0 Å². The first kappa shape index (κ1) is 28.4. The number of rotatable bonds is 5. The van der Waals surface area contributed by atoms with Crippen molar-refractivity contribution in [3.05, 3.63) is 107 Å². The van der Waals surface area contributed by atoms with E-state index < -0.39 is 34.6 Å². The number of hydrogen-bond acceptors (Lipinski definition) is 4. The van der Waals surface area contributed by atoms with Crippen LogP contribution >= 0.6 is 0 Å². The normalized spacial score (nSPS) is 13.0. The van der Waals surface area contributed by atoms with Gasteiger partial charge < -0.3 is 11.5 Å². The minimum absolute atomic E-state index is 0.0562. The fourth-order valence-electron chi connectivity index (χ4n) is 4.11. The molecule has 40 heavy (non-hydrogen) atoms. The number of aliphatic imine (C=N–C) groups is 2. The topological polar surface area (TPSA) is 76.8 Å². The van der Waals surface area contributed by atoms with E-state index in [0.717, 1.165) is 24.3 Å². The van der Waals surface area contributed by atoms with Crippen molar-refractivity contribution in [2.24, 2.45) is 9.98 Å². The lowest BCUT2D eigenvalue weighted by Crippen LogP contribution is -2.11. The third kappa shape index (κ3) is 6.51. The Morgan fingerprint density at radius 1 is 0.525 bits per heavy atom. The van der Waals surface area contributed by atoms with Gasteiger partial charge in [-0.1, -0.05) is 36.4 Å². The van der Waals surface area contributed by atoms with Gasteiger partial charge in [0.25, 0.3) is 0 Å². The third-order valence-electron chi connectivity index (χ3n) is 6.16. The van der Waals surface area contributed by atoms with Crippen LogP contribution in [0.25, 0.3) is 11.1 Å². The quantitative estimate of drug-likeness (QED) is 0.147. The van der Waals surface area contributed by atoms with Crippen molar-refractivity contribution in [2.45, 2.75) is 26.2 Å². The van der Waals surface area contributed by atoms with Gasteiger partial charge in [-0.15, -0.1) is 0 Å². The van der Waals surface area contributed by atoms with Crippen LogP contribution < -0.4 is 11.5 Å². The molecule has 4 aromatic rings. The van der Waals surface area contributed by atoms with E-state index in [1.54, 1.807) is 62.4 Å². The van der Waals surface area contributed by atoms with Crippen LogP contribution in [0.4, 0.5) is 49.1 Å². The Morgan fingerprint density at radius 2 is 0.850 bits per heavy atom. The van der Waals surface area contributed by atoms with Crippen LogP contribution in [0.5, 0.6) is 0 Å². The number of nitrogens with two attached hydrogens (primary N) is 2. The molecule has 0 saturated heterocycles. The lowest BCUT2D eigenvalue weighted by Gasteiger charge is -2.18. The molecule has 10 heteroatoms. The van der Waals surface area contributed by atoms with E-state index in [1.165, 1.54) is 12.1 Å². The van der Waals surface area contributed by atoms with E-state index in [2.05, 4.69) is 9.98 Å². The van der Waals surface area contributed by atoms with Gasteiger partial charge in [0.2, 0.25) is 0 Å². The monoisotopic (exact) mass is 554 g/mol. The molecule has 4 nitrogen and oxygen atoms in total. The largest absolute Gasteiger partial charge is 0.417 e. The fourth-order valence-corrected chi connectivity index (χ4v) is 4.11. The van der Waals surface area contributed by atoms with Gasteiger partial charge in [0, 0.05) is 22.8 Å². The summed E-state index contributed by atoms with van der Waals surface area (Å²) in [5, 5.41) is 0. The number of nitrogen functional groups attached to an aromatic ring is 2. The molecular formula is C30H24F6N4. The minimum atomic E-state index is -4.94. The van der Waals surface area contributed by atoms with Crippen LogP contribution in [-0.4, -0.2) is 11.4 Å². The van der Waals surface area contributed by atoms with Crippen LogP contribution in [0.15, 0.2) is 94.9 Å². The van der Waals surface area contributed by atoms with Crippen molar-refractivity contribution in [1.82, 2.24) is 0 Å². The molecule has 206 valence electrons. The van der Waals surface area contributed by atoms with Crippen molar-refractivity contribution >= 4 is 34.2 Å². The Labute approximate surface area is 226 Å². The fraction of sp³-hybridized carbons (Fsp3) is 0.133. The predicted molar refractivity (Wildman–Crippen MR) is 147 cm³/mol. The molecule has 0 aliphatic heterocycles. The van der Waals surface area contributed by atoms with E-state index in [-0.39, 0.29) is 11.4 Å². The van der Waals surface area contributed by atoms with Gasteiger partial charge in [-0.3, -0.25) is 9.98 Å². The number of anilines is 2. The molecule has 0 unspecified atom stereocenters. The van der Waals surface area contributed by atoms with Gasteiger partial charge in [-0.2, -0.15) is 26.3 Å². The molecule has 0 heterocycles. The Morgan fingerprint density at radius 3 is 1.15 bits per heavy atom. The molecule has 0 atom stereocenters. The lowest BCUT2D eigenvalue weighted by molar-refractivity contribution is -0.139. The molecule has 0 spiro atoms. The third-order valence-corrected chi connectivity index (χ3v) is 6.16. The molecule has 0 amide bonds. The highest BCUT2D eigenvalue weighted by atomic mass is 19.4. The highest BCUT2D eigenvalue weighted by Crippen LogP contribution is 2.45. The zero-order chi connectivity index (χ0) is 29.2. The summed E-state index contributed by atoms with van der Waals surface area (Å²) in [4.78, 5) is 8.50. The maximum Gasteiger partial charge on any atom is 0.417 e. The number of alkyl halides is 6. The van der Waals surface area contributed by atoms with E-state index in [0.29, 0.717) is 33.9 Å². The summed E-state index contributed by atoms with van der Waals surface area (Å²) < 4.78 is 84.8. The van der Waals surface area contributed by atoms with Crippen LogP contribution in [0.2, 0.25) is 0 Å². The van der Waals surface area contributed by atoms with Crippen molar-refractivity contribution in [3.8, 4) is 11.1 Å². The molecule has 4 N–H and O–H groups in total. The van der Waals surface area contributed by atoms with Crippen LogP contribution in [0.1, 0.15) is 36.1 Å². The van der Waals surface area contributed by atoms with Crippen molar-refractivity contribution in [2.75, 3.05) is 11.5 Å². The Bertz CT molecular complexity index is 1460. The second-order valence-electron chi connectivity index (χ2n) is 9.09. The zero-order valence-corrected chi connectivity index (χ0v) is 21.4. The van der Waals surface area contributed by atoms with Gasteiger partial charge >= 0.3 is 12.4 Å². The first-order valence-electron chi connectivity index (χ1n) is 12.0. The first-order valence-corrected chi connectivity index (χ1v) is 12.0. The highest BCUT2D eigenvalue weighted by Gasteiger charge is 2.38. The first-order chi connectivity index (χ1) is 18.7. The summed E-state index contributed by atoms with van der Waals surface area (Å²) >= 11 is 0. The summed E-state index contributed by atoms with van der Waals surface area (Å²) in [7, 11) is 0. The molecule has 0 bridgehead atoms. The Hall–Kier alpha value is -4.60. The highest BCUT2D eigenvalue weighted by molar-refractivity contribution is 6.01. The van der Waals surface area contributed by atoms with Crippen LogP contribution in [0.3, 0.4) is 0 Å². The van der Waals surface area contributed by atoms with E-state index in [1.807, 2.05) is 0 Å². The van der Waals surface area contributed by atoms with Crippen LogP contribution in [0, 0.1) is 0 Å². The van der Waals surface area contributed by atoms with E-state index in [4.69, 9.17) is 11.5 Å². The molecule has 4 aromatic carbocycles. The summed E-state index contributed by atoms with van der Waals surface area (Å²) in [5.41, 5.74) is 10.6. The smallest absolute Gasteiger partial charge is 0.399 e. The number of hydrogen-bond donors (Lipinski definition) is 2. The van der Waals surface area contributed by atoms with Gasteiger partial charge in [-0.05, 0) is 84.6 Å². The standard InChI is InChI=1S/C30H24F6N4/c1-17(19-3-7-21(37)8-4-19)39-23-11-13-25(27(15-23)29(31,32)33)26-14-12-24(16-28(26)30(34,35)36)40-18(2)20-5-9-22(38)10-6-20/h3-16H,37-38H2,1-2H3/b39-17+,40-18+. The zero-order valence-electron chi connectivity index (χ0n) is 21.4. The number of nitrogens with zero attached hydrogens (tertiary/aromatic N) is 2. The molecule has 0 fully saturated rings. The minimum Gasteiger partial charge on any atom is -0.399 e. The molecule has 0 aliphatic rings. The van der Waals surface area contributed by atoms with Gasteiger partial charge in [0.05, 0.1) is 22.5 Å². The molecule has 4 rings (SSSR count).